The molecule has 4 atom stereocenters. The molecule has 4 aliphatic rings. The summed E-state index contributed by atoms with van der Waals surface area (Å²) in [5, 5.41) is 24.5. The molecule has 2 fully saturated rings. The Morgan fingerprint density at radius 1 is 0.674 bits per heavy atom. The van der Waals surface area contributed by atoms with E-state index in [0.717, 1.165) is 0 Å². The highest BCUT2D eigenvalue weighted by Gasteiger charge is 2.50. The minimum absolute atomic E-state index is 0.00550. The lowest BCUT2D eigenvalue weighted by atomic mass is 9.88. The van der Waals surface area contributed by atoms with E-state index < -0.39 is 47.9 Å². The second kappa shape index (κ2) is 9.49. The number of methoxy groups -OCH3 is 2. The van der Waals surface area contributed by atoms with Crippen LogP contribution in [0.5, 0.6) is 34.5 Å². The average Bonchev–Trinajstić information content (AvgIpc) is 3.75. The number of hydrogen-bond acceptors (Lipinski definition) is 12. The summed E-state index contributed by atoms with van der Waals surface area (Å²) in [5.41, 5.74) is 1.43. The number of ether oxygens (including phenoxy) is 6. The Morgan fingerprint density at radius 3 is 1.41 bits per heavy atom. The molecule has 0 unspecified atom stereocenters. The molecule has 46 heavy (non-hydrogen) atoms. The first-order chi connectivity index (χ1) is 22.0. The van der Waals surface area contributed by atoms with Crippen molar-refractivity contribution in [1.82, 2.24) is 0 Å². The maximum atomic E-state index is 12.9. The van der Waals surface area contributed by atoms with Crippen molar-refractivity contribution in [3.8, 4) is 45.6 Å². The molecule has 0 aliphatic carbocycles. The van der Waals surface area contributed by atoms with E-state index in [1.807, 2.05) is 0 Å². The first-order valence-corrected chi connectivity index (χ1v) is 14.6. The zero-order chi connectivity index (χ0) is 32.3. The van der Waals surface area contributed by atoms with Crippen LogP contribution < -0.4 is 18.9 Å². The van der Waals surface area contributed by atoms with Crippen LogP contribution in [0.3, 0.4) is 0 Å². The predicted molar refractivity (Wildman–Crippen MR) is 159 cm³/mol. The Labute approximate surface area is 260 Å². The Bertz CT molecular complexity index is 1980. The monoisotopic (exact) mass is 626 g/mol. The van der Waals surface area contributed by atoms with E-state index in [9.17, 15) is 29.4 Å². The lowest BCUT2D eigenvalue weighted by molar-refractivity contribution is -0.142. The first kappa shape index (κ1) is 28.0. The fourth-order valence-electron chi connectivity index (χ4n) is 7.47. The van der Waals surface area contributed by atoms with Crippen molar-refractivity contribution in [3.63, 3.8) is 0 Å². The Morgan fingerprint density at radius 2 is 1.07 bits per heavy atom. The second-order valence-corrected chi connectivity index (χ2v) is 11.7. The van der Waals surface area contributed by atoms with Gasteiger partial charge >= 0.3 is 11.9 Å². The number of Topliss-reactive ketones (excluding diaryl/α,β-unsaturated/α-hetero) is 2. The third-order valence-corrected chi connectivity index (χ3v) is 9.22. The van der Waals surface area contributed by atoms with Crippen LogP contribution in [0.4, 0.5) is 0 Å². The summed E-state index contributed by atoms with van der Waals surface area (Å²) in [6, 6.07) is 6.84. The first-order valence-electron chi connectivity index (χ1n) is 14.6. The summed E-state index contributed by atoms with van der Waals surface area (Å²) < 4.78 is 35.0. The number of phenolic OH excluding ortho intramolecular Hbond substituents is 2. The Hall–Kier alpha value is -5.52. The maximum Gasteiger partial charge on any atom is 0.310 e. The highest BCUT2D eigenvalue weighted by molar-refractivity contribution is 6.15. The molecular weight excluding hydrogens is 600 g/mol. The smallest absolute Gasteiger partial charge is 0.310 e. The van der Waals surface area contributed by atoms with Gasteiger partial charge in [0, 0.05) is 21.9 Å². The number of esters is 2. The van der Waals surface area contributed by atoms with Crippen LogP contribution in [0.1, 0.15) is 70.7 Å². The third kappa shape index (κ3) is 3.49. The van der Waals surface area contributed by atoms with Crippen LogP contribution in [0, 0.1) is 0 Å². The Balaban J connectivity index is 1.40. The van der Waals surface area contributed by atoms with E-state index >= 15 is 0 Å². The lowest BCUT2D eigenvalue weighted by Crippen LogP contribution is -2.12. The molecular formula is C34H26O12. The molecule has 4 aromatic carbocycles. The van der Waals surface area contributed by atoms with Crippen molar-refractivity contribution < 1.29 is 57.8 Å². The van der Waals surface area contributed by atoms with Crippen molar-refractivity contribution in [2.75, 3.05) is 14.2 Å². The highest BCUT2D eigenvalue weighted by atomic mass is 16.6. The number of hydrogen-bond donors (Lipinski definition) is 2. The minimum Gasteiger partial charge on any atom is -0.506 e. The topological polar surface area (TPSA) is 164 Å². The van der Waals surface area contributed by atoms with Crippen molar-refractivity contribution in [2.45, 2.75) is 51.1 Å². The summed E-state index contributed by atoms with van der Waals surface area (Å²) in [5.74, 6) is -1.54. The van der Waals surface area contributed by atoms with Gasteiger partial charge in [-0.1, -0.05) is 0 Å². The molecule has 0 bridgehead atoms. The molecule has 4 heterocycles. The molecule has 4 aromatic rings. The molecule has 0 saturated carbocycles. The van der Waals surface area contributed by atoms with Gasteiger partial charge in [-0.05, 0) is 38.1 Å². The number of carbonyl (C=O) groups is 4. The van der Waals surface area contributed by atoms with Crippen LogP contribution in [-0.2, 0) is 19.1 Å². The fourth-order valence-corrected chi connectivity index (χ4v) is 7.47. The van der Waals surface area contributed by atoms with Gasteiger partial charge < -0.3 is 38.6 Å². The molecule has 0 spiro atoms. The molecule has 0 amide bonds. The number of rotatable bonds is 5. The summed E-state index contributed by atoms with van der Waals surface area (Å²) in [7, 11) is 2.82. The lowest BCUT2D eigenvalue weighted by Gasteiger charge is -2.21. The average molecular weight is 627 g/mol. The molecule has 2 saturated heterocycles. The molecule has 2 N–H and O–H groups in total. The highest BCUT2D eigenvalue weighted by Crippen LogP contribution is 2.58. The fraction of sp³-hybridized carbons (Fsp3) is 0.294. The molecule has 0 aromatic heterocycles. The number of aromatic hydroxyl groups is 2. The molecule has 4 aliphatic heterocycles. The van der Waals surface area contributed by atoms with Crippen molar-refractivity contribution in [2.24, 2.45) is 0 Å². The van der Waals surface area contributed by atoms with Crippen LogP contribution >= 0.6 is 0 Å². The quantitative estimate of drug-likeness (QED) is 0.226. The molecule has 8 rings (SSSR count). The van der Waals surface area contributed by atoms with Gasteiger partial charge in [-0.2, -0.15) is 0 Å². The van der Waals surface area contributed by atoms with Gasteiger partial charge in [0.2, 0.25) is 0 Å². The van der Waals surface area contributed by atoms with Crippen LogP contribution in [0.25, 0.3) is 32.7 Å². The minimum atomic E-state index is -0.826. The maximum absolute atomic E-state index is 12.9. The molecule has 234 valence electrons. The van der Waals surface area contributed by atoms with Crippen molar-refractivity contribution >= 4 is 45.0 Å². The third-order valence-electron chi connectivity index (χ3n) is 9.22. The number of carbonyl (C=O) groups excluding carboxylic acids is 4. The van der Waals surface area contributed by atoms with Crippen molar-refractivity contribution in [1.29, 1.82) is 0 Å². The van der Waals surface area contributed by atoms with E-state index in [1.54, 1.807) is 24.3 Å². The van der Waals surface area contributed by atoms with Crippen molar-refractivity contribution in [3.05, 3.63) is 46.5 Å². The van der Waals surface area contributed by atoms with Gasteiger partial charge in [-0.3, -0.25) is 19.2 Å². The van der Waals surface area contributed by atoms with Gasteiger partial charge in [0.05, 0.1) is 60.1 Å². The number of ketones is 2. The predicted octanol–water partition coefficient (Wildman–Crippen LogP) is 4.99. The summed E-state index contributed by atoms with van der Waals surface area (Å²) in [6.45, 7) is 2.61. The van der Waals surface area contributed by atoms with Gasteiger partial charge in [-0.25, -0.2) is 0 Å². The normalized spacial score (nSPS) is 22.0. The van der Waals surface area contributed by atoms with E-state index in [1.165, 1.54) is 28.1 Å². The largest absolute Gasteiger partial charge is 0.506 e. The van der Waals surface area contributed by atoms with Gasteiger partial charge in [0.1, 0.15) is 34.5 Å². The summed E-state index contributed by atoms with van der Waals surface area (Å²) >= 11 is 0. The van der Waals surface area contributed by atoms with E-state index in [2.05, 4.69) is 0 Å². The second-order valence-electron chi connectivity index (χ2n) is 11.7. The summed E-state index contributed by atoms with van der Waals surface area (Å²) in [4.78, 5) is 49.9. The number of fused-ring (bicyclic) bond motifs is 10. The van der Waals surface area contributed by atoms with Crippen LogP contribution in [-0.4, -0.2) is 60.1 Å². The molecule has 12 heteroatoms. The zero-order valence-electron chi connectivity index (χ0n) is 25.0. The van der Waals surface area contributed by atoms with E-state index in [-0.39, 0.29) is 57.7 Å². The molecule has 12 nitrogen and oxygen atoms in total. The Kier molecular flexibility index (Phi) is 5.77. The standard InChI is InChI=1S/C34H26O12/c1-11(35)21-25-31(43-17-9-19(37)45-33(17)25)15-7-5-13(29(41-3)23(15)27(21)39)14-6-8-16-24(30(14)42-4)28(40)22(12(2)36)26-32(16)44-18-10-20(38)46-34(18)26/h5-8,17-18,33-34,39-40H,9-10H2,1-4H3/t17-,18-,33+,34+/m1/s1. The summed E-state index contributed by atoms with van der Waals surface area (Å²) in [6.07, 6.45) is -2.91. The van der Waals surface area contributed by atoms with Gasteiger partial charge in [0.25, 0.3) is 0 Å². The van der Waals surface area contributed by atoms with E-state index in [0.29, 0.717) is 44.5 Å². The van der Waals surface area contributed by atoms with Crippen LogP contribution in [0.15, 0.2) is 24.3 Å². The molecule has 0 radical (unpaired) electrons. The van der Waals surface area contributed by atoms with Gasteiger partial charge in [0.15, 0.2) is 36.0 Å². The SMILES string of the molecule is COc1c(-c2ccc3c4c(c(C(C)=O)c(O)c3c2OC)[C@H]2OC(=O)C[C@H]2O4)ccc2c3c(c(C(C)=O)c(O)c12)[C@H]1OC(=O)C[C@H]1O3. The van der Waals surface area contributed by atoms with Crippen LogP contribution in [0.2, 0.25) is 0 Å². The number of phenols is 2. The van der Waals surface area contributed by atoms with Gasteiger partial charge in [-0.15, -0.1) is 0 Å². The number of benzene rings is 4. The van der Waals surface area contributed by atoms with E-state index in [4.69, 9.17) is 28.4 Å². The zero-order valence-corrected chi connectivity index (χ0v) is 25.0.